The molecule has 1 aromatic rings. The monoisotopic (exact) mass is 398 g/mol. The maximum atomic E-state index is 12.5. The molecule has 0 saturated heterocycles. The number of carbonyl (C=O) groups is 1. The molecule has 0 heterocycles. The first kappa shape index (κ1) is 21.1. The molecule has 0 aliphatic heterocycles. The van der Waals surface area contributed by atoms with Crippen molar-refractivity contribution in [3.8, 4) is 0 Å². The highest BCUT2D eigenvalue weighted by molar-refractivity contribution is 9.10. The number of rotatable bonds is 11. The van der Waals surface area contributed by atoms with Crippen LogP contribution >= 0.6 is 15.9 Å². The summed E-state index contributed by atoms with van der Waals surface area (Å²) in [6.07, 6.45) is 0. The highest BCUT2D eigenvalue weighted by Gasteiger charge is 2.23. The number of benzene rings is 1. The summed E-state index contributed by atoms with van der Waals surface area (Å²) in [5, 5.41) is 3.00. The average Bonchev–Trinajstić information content (AvgIpc) is 2.56. The lowest BCUT2D eigenvalue weighted by molar-refractivity contribution is -0.123. The van der Waals surface area contributed by atoms with Crippen LogP contribution in [0.15, 0.2) is 28.7 Å². The molecule has 1 unspecified atom stereocenters. The second-order valence-corrected chi connectivity index (χ2v) is 7.12. The van der Waals surface area contributed by atoms with E-state index in [0.717, 1.165) is 29.7 Å². The molecule has 0 aliphatic carbocycles. The number of likely N-dealkylation sites (N-methyl/N-ethyl adjacent to an activating group) is 1. The molecule has 4 nitrogen and oxygen atoms in total. The van der Waals surface area contributed by atoms with Crippen molar-refractivity contribution >= 4 is 21.8 Å². The Morgan fingerprint density at radius 1 is 1.17 bits per heavy atom. The van der Waals surface area contributed by atoms with Crippen molar-refractivity contribution in [3.63, 3.8) is 0 Å². The Labute approximate surface area is 155 Å². The van der Waals surface area contributed by atoms with Crippen molar-refractivity contribution in [1.82, 2.24) is 10.2 Å². The maximum absolute atomic E-state index is 12.5. The molecule has 0 fully saturated rings. The number of amides is 1. The predicted octanol–water partition coefficient (Wildman–Crippen LogP) is 3.66. The molecule has 0 radical (unpaired) electrons. The van der Waals surface area contributed by atoms with Crippen molar-refractivity contribution < 1.29 is 9.53 Å². The lowest BCUT2D eigenvalue weighted by Gasteiger charge is -2.21. The van der Waals surface area contributed by atoms with Crippen LogP contribution in [0, 0.1) is 5.92 Å². The molecular weight excluding hydrogens is 368 g/mol. The van der Waals surface area contributed by atoms with Gasteiger partial charge in [0.25, 0.3) is 0 Å². The van der Waals surface area contributed by atoms with Gasteiger partial charge in [-0.2, -0.15) is 0 Å². The smallest absolute Gasteiger partial charge is 0.227 e. The topological polar surface area (TPSA) is 41.6 Å². The van der Waals surface area contributed by atoms with Gasteiger partial charge in [0.05, 0.1) is 19.1 Å². The average molecular weight is 399 g/mol. The van der Waals surface area contributed by atoms with Crippen LogP contribution in [-0.2, 0) is 9.53 Å². The van der Waals surface area contributed by atoms with E-state index in [-0.39, 0.29) is 17.7 Å². The highest BCUT2D eigenvalue weighted by Crippen LogP contribution is 2.25. The van der Waals surface area contributed by atoms with Gasteiger partial charge in [-0.05, 0) is 36.7 Å². The molecular formula is C19H31BrN2O2. The molecule has 0 aromatic heterocycles. The predicted molar refractivity (Wildman–Crippen MR) is 103 cm³/mol. The zero-order chi connectivity index (χ0) is 17.9. The quantitative estimate of drug-likeness (QED) is 0.578. The first-order chi connectivity index (χ1) is 11.5. The van der Waals surface area contributed by atoms with Gasteiger partial charge in [0.15, 0.2) is 0 Å². The third-order valence-corrected chi connectivity index (χ3v) is 4.70. The summed E-state index contributed by atoms with van der Waals surface area (Å²) in [6, 6.07) is 7.98. The van der Waals surface area contributed by atoms with Crippen LogP contribution in [0.3, 0.4) is 0 Å². The van der Waals surface area contributed by atoms with Crippen LogP contribution in [0.4, 0.5) is 0 Å². The van der Waals surface area contributed by atoms with Crippen LogP contribution in [0.25, 0.3) is 0 Å². The van der Waals surface area contributed by atoms with Crippen molar-refractivity contribution in [2.45, 2.75) is 33.6 Å². The van der Waals surface area contributed by atoms with E-state index in [4.69, 9.17) is 4.74 Å². The molecule has 136 valence electrons. The van der Waals surface area contributed by atoms with Gasteiger partial charge in [0.1, 0.15) is 0 Å². The summed E-state index contributed by atoms with van der Waals surface area (Å²) in [5.74, 6) is 0.184. The first-order valence-corrected chi connectivity index (χ1v) is 9.62. The lowest BCUT2D eigenvalue weighted by Crippen LogP contribution is -2.35. The van der Waals surface area contributed by atoms with E-state index in [2.05, 4.69) is 53.8 Å². The van der Waals surface area contributed by atoms with Crippen LogP contribution in [0.1, 0.15) is 39.2 Å². The SMILES string of the molecule is CCN(CC)CCOCCNC(=O)C(c1ccc(Br)cc1)C(C)C. The summed E-state index contributed by atoms with van der Waals surface area (Å²) < 4.78 is 6.64. The fourth-order valence-corrected chi connectivity index (χ4v) is 2.97. The number of ether oxygens (including phenoxy) is 1. The van der Waals surface area contributed by atoms with Gasteiger partial charge in [-0.3, -0.25) is 4.79 Å². The number of halogens is 1. The standard InChI is InChI=1S/C19H31BrN2O2/c1-5-22(6-2)12-14-24-13-11-21-19(23)18(15(3)4)16-7-9-17(20)10-8-16/h7-10,15,18H,5-6,11-14H2,1-4H3,(H,21,23). The fourth-order valence-electron chi connectivity index (χ4n) is 2.70. The normalized spacial score (nSPS) is 12.6. The van der Waals surface area contributed by atoms with E-state index < -0.39 is 0 Å². The number of nitrogens with zero attached hydrogens (tertiary/aromatic N) is 1. The van der Waals surface area contributed by atoms with Gasteiger partial charge < -0.3 is 15.0 Å². The van der Waals surface area contributed by atoms with Gasteiger partial charge in [-0.15, -0.1) is 0 Å². The molecule has 0 aliphatic rings. The number of carbonyl (C=O) groups excluding carboxylic acids is 1. The molecule has 0 spiro atoms. The highest BCUT2D eigenvalue weighted by atomic mass is 79.9. The lowest BCUT2D eigenvalue weighted by atomic mass is 9.88. The minimum Gasteiger partial charge on any atom is -0.378 e. The molecule has 0 bridgehead atoms. The minimum absolute atomic E-state index is 0.0691. The Balaban J connectivity index is 2.37. The second-order valence-electron chi connectivity index (χ2n) is 6.20. The third-order valence-electron chi connectivity index (χ3n) is 4.17. The Bertz CT molecular complexity index is 473. The fraction of sp³-hybridized carbons (Fsp3) is 0.632. The second kappa shape index (κ2) is 11.6. The Morgan fingerprint density at radius 2 is 1.79 bits per heavy atom. The summed E-state index contributed by atoms with van der Waals surface area (Å²) in [6.45, 7) is 13.3. The van der Waals surface area contributed by atoms with Crippen molar-refractivity contribution in [2.24, 2.45) is 5.92 Å². The minimum atomic E-state index is -0.131. The van der Waals surface area contributed by atoms with Gasteiger partial charge in [0.2, 0.25) is 5.91 Å². The summed E-state index contributed by atoms with van der Waals surface area (Å²) >= 11 is 3.43. The molecule has 1 N–H and O–H groups in total. The third kappa shape index (κ3) is 7.32. The van der Waals surface area contributed by atoms with E-state index >= 15 is 0 Å². The number of hydrogen-bond acceptors (Lipinski definition) is 3. The Kier molecular flexibility index (Phi) is 10.2. The van der Waals surface area contributed by atoms with Crippen LogP contribution in [-0.4, -0.2) is 50.2 Å². The molecule has 0 saturated carbocycles. The molecule has 5 heteroatoms. The summed E-state index contributed by atoms with van der Waals surface area (Å²) in [5.41, 5.74) is 1.05. The molecule has 1 aromatic carbocycles. The van der Waals surface area contributed by atoms with E-state index in [1.807, 2.05) is 24.3 Å². The van der Waals surface area contributed by atoms with Crippen molar-refractivity contribution in [2.75, 3.05) is 39.4 Å². The van der Waals surface area contributed by atoms with Crippen LogP contribution < -0.4 is 5.32 Å². The van der Waals surface area contributed by atoms with Gasteiger partial charge in [0, 0.05) is 17.6 Å². The van der Waals surface area contributed by atoms with Crippen molar-refractivity contribution in [1.29, 1.82) is 0 Å². The Morgan fingerprint density at radius 3 is 2.33 bits per heavy atom. The van der Waals surface area contributed by atoms with E-state index in [1.165, 1.54) is 0 Å². The maximum Gasteiger partial charge on any atom is 0.227 e. The molecule has 1 amide bonds. The van der Waals surface area contributed by atoms with E-state index in [0.29, 0.717) is 19.8 Å². The Hall–Kier alpha value is -0.910. The van der Waals surface area contributed by atoms with E-state index in [1.54, 1.807) is 0 Å². The van der Waals surface area contributed by atoms with Gasteiger partial charge >= 0.3 is 0 Å². The van der Waals surface area contributed by atoms with E-state index in [9.17, 15) is 4.79 Å². The summed E-state index contributed by atoms with van der Waals surface area (Å²) in [7, 11) is 0. The summed E-state index contributed by atoms with van der Waals surface area (Å²) in [4.78, 5) is 14.8. The molecule has 1 rings (SSSR count). The van der Waals surface area contributed by atoms with Crippen LogP contribution in [0.2, 0.25) is 0 Å². The zero-order valence-electron chi connectivity index (χ0n) is 15.3. The van der Waals surface area contributed by atoms with Crippen molar-refractivity contribution in [3.05, 3.63) is 34.3 Å². The van der Waals surface area contributed by atoms with Gasteiger partial charge in [-0.1, -0.05) is 55.8 Å². The largest absolute Gasteiger partial charge is 0.378 e. The van der Waals surface area contributed by atoms with Gasteiger partial charge in [-0.25, -0.2) is 0 Å². The number of nitrogens with one attached hydrogen (secondary N) is 1. The van der Waals surface area contributed by atoms with Crippen LogP contribution in [0.5, 0.6) is 0 Å². The number of hydrogen-bond donors (Lipinski definition) is 1. The first-order valence-electron chi connectivity index (χ1n) is 8.82. The zero-order valence-corrected chi connectivity index (χ0v) is 16.9. The molecule has 1 atom stereocenters. The molecule has 24 heavy (non-hydrogen) atoms.